The molecule has 6 aromatic rings. The Morgan fingerprint density at radius 1 is 0.976 bits per heavy atom. The van der Waals surface area contributed by atoms with E-state index in [1.165, 1.54) is 24.3 Å². The number of carbonyl (C=O) groups excluding carboxylic acids is 2. The van der Waals surface area contributed by atoms with Crippen LogP contribution in [0.4, 0.5) is 10.2 Å². The van der Waals surface area contributed by atoms with E-state index in [4.69, 9.17) is 10.7 Å². The number of anilines is 1. The maximum Gasteiger partial charge on any atom is 0.251 e. The molecule has 0 spiro atoms. The van der Waals surface area contributed by atoms with Gasteiger partial charge in [0.05, 0.1) is 40.4 Å². The Labute approximate surface area is 238 Å². The van der Waals surface area contributed by atoms with Gasteiger partial charge in [0, 0.05) is 24.0 Å². The number of carbonyl (C=O) groups is 2. The Balaban J connectivity index is 1.35. The highest BCUT2D eigenvalue weighted by molar-refractivity contribution is 5.96. The molecule has 0 atom stereocenters. The number of nitrogens with zero attached hydrogens (tertiary/aromatic N) is 5. The Hall–Kier alpha value is -5.97. The summed E-state index contributed by atoms with van der Waals surface area (Å²) in [6.45, 7) is 0.230. The highest BCUT2D eigenvalue weighted by atomic mass is 19.1. The smallest absolute Gasteiger partial charge is 0.251 e. The van der Waals surface area contributed by atoms with Crippen LogP contribution < -0.4 is 11.1 Å². The zero-order chi connectivity index (χ0) is 29.2. The molecule has 4 N–H and O–H groups in total. The van der Waals surface area contributed by atoms with Gasteiger partial charge >= 0.3 is 0 Å². The van der Waals surface area contributed by atoms with Crippen LogP contribution in [0.3, 0.4) is 0 Å². The van der Waals surface area contributed by atoms with Crippen LogP contribution in [-0.2, 0) is 6.54 Å². The maximum absolute atomic E-state index is 13.5. The number of halogens is 1. The average molecular weight is 560 g/mol. The second-order valence-corrected chi connectivity index (χ2v) is 9.37. The third kappa shape index (κ3) is 5.02. The molecule has 0 bridgehead atoms. The minimum Gasteiger partial charge on any atom is -0.507 e. The van der Waals surface area contributed by atoms with Crippen molar-refractivity contribution in [2.75, 3.05) is 5.73 Å². The number of pyridine rings is 3. The quantitative estimate of drug-likeness (QED) is 0.238. The molecule has 0 aliphatic heterocycles. The summed E-state index contributed by atoms with van der Waals surface area (Å²) < 4.78 is 15.4. The fraction of sp³-hybridized carbons (Fsp3) is 0.0323. The third-order valence-electron chi connectivity index (χ3n) is 6.67. The number of benzene rings is 2. The van der Waals surface area contributed by atoms with E-state index in [0.717, 1.165) is 23.0 Å². The van der Waals surface area contributed by atoms with Gasteiger partial charge in [0.1, 0.15) is 28.7 Å². The van der Waals surface area contributed by atoms with Crippen molar-refractivity contribution >= 4 is 29.0 Å². The summed E-state index contributed by atoms with van der Waals surface area (Å²) in [5.41, 5.74) is 11.1. The van der Waals surface area contributed by atoms with Gasteiger partial charge < -0.3 is 16.2 Å². The summed E-state index contributed by atoms with van der Waals surface area (Å²) in [5, 5.41) is 12.5. The van der Waals surface area contributed by atoms with Crippen molar-refractivity contribution in [3.63, 3.8) is 0 Å². The van der Waals surface area contributed by atoms with Gasteiger partial charge in [-0.1, -0.05) is 12.1 Å². The van der Waals surface area contributed by atoms with Crippen LogP contribution in [0.15, 0.2) is 91.4 Å². The van der Waals surface area contributed by atoms with Gasteiger partial charge in [-0.25, -0.2) is 14.4 Å². The average Bonchev–Trinajstić information content (AvgIpc) is 3.39. The van der Waals surface area contributed by atoms with Gasteiger partial charge in [0.2, 0.25) is 0 Å². The van der Waals surface area contributed by atoms with Gasteiger partial charge in [0.25, 0.3) is 5.91 Å². The highest BCUT2D eigenvalue weighted by Gasteiger charge is 2.18. The van der Waals surface area contributed by atoms with Crippen molar-refractivity contribution in [1.82, 2.24) is 29.8 Å². The van der Waals surface area contributed by atoms with Crippen LogP contribution in [0, 0.1) is 5.82 Å². The molecule has 42 heavy (non-hydrogen) atoms. The number of nitrogens with two attached hydrogens (primary N) is 1. The topological polar surface area (TPSA) is 149 Å². The second kappa shape index (κ2) is 10.9. The summed E-state index contributed by atoms with van der Waals surface area (Å²) in [6.07, 6.45) is 4.87. The molecule has 11 heteroatoms. The van der Waals surface area contributed by atoms with Crippen molar-refractivity contribution < 1.29 is 19.1 Å². The highest BCUT2D eigenvalue weighted by Crippen LogP contribution is 2.32. The van der Waals surface area contributed by atoms with Gasteiger partial charge in [-0.3, -0.25) is 24.1 Å². The van der Waals surface area contributed by atoms with Crippen LogP contribution in [0.1, 0.15) is 26.3 Å². The Bertz CT molecular complexity index is 1960. The first-order valence-electron chi connectivity index (χ1n) is 12.8. The van der Waals surface area contributed by atoms with Gasteiger partial charge in [-0.15, -0.1) is 0 Å². The SMILES string of the molecule is Nc1ncccc1-c1nc2cnc(-c3ccc(F)cn3)cc2n1-c1ccc(CNC(=O)c2ccc(O)c(C=O)c2)cc1. The van der Waals surface area contributed by atoms with E-state index in [1.807, 2.05) is 41.0 Å². The fourth-order valence-electron chi connectivity index (χ4n) is 4.53. The summed E-state index contributed by atoms with van der Waals surface area (Å²) in [7, 11) is 0. The largest absolute Gasteiger partial charge is 0.507 e. The number of aromatic hydroxyl groups is 1. The van der Waals surface area contributed by atoms with Crippen LogP contribution >= 0.6 is 0 Å². The molecule has 0 fully saturated rings. The Morgan fingerprint density at radius 3 is 2.52 bits per heavy atom. The maximum atomic E-state index is 13.5. The van der Waals surface area contributed by atoms with Crippen molar-refractivity contribution in [2.24, 2.45) is 0 Å². The molecule has 6 rings (SSSR count). The number of phenolic OH excluding ortho intramolecular Hbond substituents is 1. The summed E-state index contributed by atoms with van der Waals surface area (Å²) in [6, 6.07) is 19.9. The number of nitrogens with one attached hydrogen (secondary N) is 1. The molecule has 1 amide bonds. The number of hydrogen-bond acceptors (Lipinski definition) is 8. The molecule has 4 heterocycles. The molecule has 0 unspecified atom stereocenters. The number of aromatic nitrogens is 5. The monoisotopic (exact) mass is 559 g/mol. The molecule has 2 aromatic carbocycles. The lowest BCUT2D eigenvalue weighted by Crippen LogP contribution is -2.22. The van der Waals surface area contributed by atoms with E-state index in [2.05, 4.69) is 20.3 Å². The standard InChI is InChI=1S/C31H22FN7O3/c32-21-6-9-24(35-15-21)25-13-27-26(16-36-25)38-30(23-2-1-11-34-29(23)33)39(27)22-7-3-18(4-8-22)14-37-31(42)19-5-10-28(41)20(12-19)17-40/h1-13,15-17,41H,14H2,(H2,33,34)(H,37,42). The molecule has 0 saturated heterocycles. The van der Waals surface area contributed by atoms with Crippen LogP contribution in [0.5, 0.6) is 5.75 Å². The molecule has 4 aromatic heterocycles. The normalized spacial score (nSPS) is 11.0. The Morgan fingerprint density at radius 2 is 1.79 bits per heavy atom. The molecule has 0 saturated carbocycles. The van der Waals surface area contributed by atoms with Crippen molar-refractivity contribution in [3.05, 3.63) is 114 Å². The van der Waals surface area contributed by atoms with E-state index in [1.54, 1.807) is 24.5 Å². The molecule has 0 aliphatic carbocycles. The number of amides is 1. The molecule has 0 aliphatic rings. The van der Waals surface area contributed by atoms with E-state index in [-0.39, 0.29) is 29.3 Å². The molecular formula is C31H22FN7O3. The number of imidazole rings is 1. The molecule has 0 radical (unpaired) electrons. The van der Waals surface area contributed by atoms with Crippen LogP contribution in [0.25, 0.3) is 39.5 Å². The zero-order valence-corrected chi connectivity index (χ0v) is 21.9. The lowest BCUT2D eigenvalue weighted by atomic mass is 10.1. The number of fused-ring (bicyclic) bond motifs is 1. The summed E-state index contributed by atoms with van der Waals surface area (Å²) >= 11 is 0. The lowest BCUT2D eigenvalue weighted by molar-refractivity contribution is 0.0951. The lowest BCUT2D eigenvalue weighted by Gasteiger charge is -2.12. The van der Waals surface area contributed by atoms with Crippen molar-refractivity contribution in [3.8, 4) is 34.2 Å². The van der Waals surface area contributed by atoms with Crippen molar-refractivity contribution in [2.45, 2.75) is 6.54 Å². The number of nitrogen functional groups attached to an aromatic ring is 1. The zero-order valence-electron chi connectivity index (χ0n) is 21.9. The van der Waals surface area contributed by atoms with Crippen molar-refractivity contribution in [1.29, 1.82) is 0 Å². The van der Waals surface area contributed by atoms with Crippen LogP contribution in [0.2, 0.25) is 0 Å². The first kappa shape index (κ1) is 26.3. The first-order chi connectivity index (χ1) is 20.4. The molecular weight excluding hydrogens is 537 g/mol. The summed E-state index contributed by atoms with van der Waals surface area (Å²) in [4.78, 5) is 41.4. The van der Waals surface area contributed by atoms with E-state index in [0.29, 0.717) is 40.4 Å². The minimum atomic E-state index is -0.440. The van der Waals surface area contributed by atoms with E-state index >= 15 is 0 Å². The number of aldehydes is 1. The Kier molecular flexibility index (Phi) is 6.81. The van der Waals surface area contributed by atoms with Gasteiger partial charge in [-0.05, 0) is 66.2 Å². The fourth-order valence-corrected chi connectivity index (χ4v) is 4.53. The number of rotatable bonds is 7. The van der Waals surface area contributed by atoms with E-state index in [9.17, 15) is 19.1 Å². The molecule has 206 valence electrons. The minimum absolute atomic E-state index is 0.0400. The second-order valence-electron chi connectivity index (χ2n) is 9.37. The number of hydrogen-bond donors (Lipinski definition) is 3. The number of phenols is 1. The summed E-state index contributed by atoms with van der Waals surface area (Å²) in [5.74, 6) is -0.140. The van der Waals surface area contributed by atoms with Gasteiger partial charge in [-0.2, -0.15) is 0 Å². The molecule has 10 nitrogen and oxygen atoms in total. The third-order valence-corrected chi connectivity index (χ3v) is 6.67. The first-order valence-corrected chi connectivity index (χ1v) is 12.8. The predicted molar refractivity (Wildman–Crippen MR) is 154 cm³/mol. The van der Waals surface area contributed by atoms with Gasteiger partial charge in [0.15, 0.2) is 6.29 Å². The predicted octanol–water partition coefficient (Wildman–Crippen LogP) is 4.71. The van der Waals surface area contributed by atoms with Crippen LogP contribution in [-0.4, -0.2) is 41.8 Å². The van der Waals surface area contributed by atoms with E-state index < -0.39 is 5.82 Å².